The minimum Gasteiger partial charge on any atom is -0.464 e. The second-order valence-corrected chi connectivity index (χ2v) is 5.22. The number of para-hydroxylation sites is 1. The standard InChI is InChI=1S/C14H14F2N2O2/c1-18-12(19)10-4-2-3-5-11(10)17-13(18)20-8-9-6-14(15,16)7-9/h2-5,9H,6-8H2,1H3. The van der Waals surface area contributed by atoms with Gasteiger partial charge in [-0.15, -0.1) is 0 Å². The summed E-state index contributed by atoms with van der Waals surface area (Å²) in [5.41, 5.74) is 0.342. The lowest BCUT2D eigenvalue weighted by Crippen LogP contribution is -2.39. The second kappa shape index (κ2) is 4.54. The zero-order valence-corrected chi connectivity index (χ0v) is 11.0. The number of aromatic nitrogens is 2. The molecule has 6 heteroatoms. The maximum Gasteiger partial charge on any atom is 0.299 e. The third-order valence-electron chi connectivity index (χ3n) is 3.56. The Kier molecular flexibility index (Phi) is 2.96. The van der Waals surface area contributed by atoms with E-state index in [9.17, 15) is 13.6 Å². The lowest BCUT2D eigenvalue weighted by Gasteiger charge is -2.34. The number of ether oxygens (including phenoxy) is 1. The second-order valence-electron chi connectivity index (χ2n) is 5.22. The summed E-state index contributed by atoms with van der Waals surface area (Å²) in [6, 6.07) is 7.14. The molecule has 0 saturated heterocycles. The molecule has 1 saturated carbocycles. The van der Waals surface area contributed by atoms with Crippen LogP contribution in [-0.4, -0.2) is 22.1 Å². The van der Waals surface area contributed by atoms with Gasteiger partial charge in [-0.3, -0.25) is 9.36 Å². The molecule has 0 N–H and O–H groups in total. The van der Waals surface area contributed by atoms with E-state index in [0.717, 1.165) is 0 Å². The van der Waals surface area contributed by atoms with Crippen molar-refractivity contribution in [2.24, 2.45) is 13.0 Å². The molecule has 106 valence electrons. The highest BCUT2D eigenvalue weighted by molar-refractivity contribution is 5.77. The molecule has 0 bridgehead atoms. The summed E-state index contributed by atoms with van der Waals surface area (Å²) < 4.78 is 32.2. The quantitative estimate of drug-likeness (QED) is 0.867. The van der Waals surface area contributed by atoms with Crippen molar-refractivity contribution in [3.8, 4) is 6.01 Å². The van der Waals surface area contributed by atoms with Crippen LogP contribution in [-0.2, 0) is 7.05 Å². The van der Waals surface area contributed by atoms with E-state index in [1.165, 1.54) is 4.57 Å². The molecular formula is C14H14F2N2O2. The Labute approximate surface area is 114 Å². The molecule has 0 aliphatic heterocycles. The summed E-state index contributed by atoms with van der Waals surface area (Å²) in [5.74, 6) is -2.73. The Morgan fingerprint density at radius 1 is 1.40 bits per heavy atom. The summed E-state index contributed by atoms with van der Waals surface area (Å²) in [6.07, 6.45) is -0.316. The van der Waals surface area contributed by atoms with E-state index in [-0.39, 0.29) is 36.9 Å². The third-order valence-corrected chi connectivity index (χ3v) is 3.56. The van der Waals surface area contributed by atoms with Crippen LogP contribution in [0.2, 0.25) is 0 Å². The normalized spacial score (nSPS) is 17.9. The van der Waals surface area contributed by atoms with Crippen LogP contribution in [0.15, 0.2) is 29.1 Å². The Morgan fingerprint density at radius 2 is 2.10 bits per heavy atom. The van der Waals surface area contributed by atoms with Crippen molar-refractivity contribution in [3.63, 3.8) is 0 Å². The number of nitrogens with zero attached hydrogens (tertiary/aromatic N) is 2. The molecule has 3 rings (SSSR count). The summed E-state index contributed by atoms with van der Waals surface area (Å²) in [4.78, 5) is 16.4. The number of benzene rings is 1. The minimum atomic E-state index is -2.56. The predicted octanol–water partition coefficient (Wildman–Crippen LogP) is 2.36. The zero-order chi connectivity index (χ0) is 14.3. The maximum atomic E-state index is 12.7. The van der Waals surface area contributed by atoms with E-state index in [1.807, 2.05) is 0 Å². The van der Waals surface area contributed by atoms with Crippen LogP contribution in [0.3, 0.4) is 0 Å². The number of hydrogen-bond acceptors (Lipinski definition) is 3. The Bertz CT molecular complexity index is 704. The van der Waals surface area contributed by atoms with Gasteiger partial charge >= 0.3 is 0 Å². The van der Waals surface area contributed by atoms with Crippen molar-refractivity contribution in [1.82, 2.24) is 9.55 Å². The molecule has 0 spiro atoms. The molecule has 20 heavy (non-hydrogen) atoms. The fourth-order valence-electron chi connectivity index (χ4n) is 2.42. The van der Waals surface area contributed by atoms with Gasteiger partial charge in [0.05, 0.1) is 17.5 Å². The number of rotatable bonds is 3. The molecule has 0 unspecified atom stereocenters. The van der Waals surface area contributed by atoms with E-state index in [1.54, 1.807) is 31.3 Å². The monoisotopic (exact) mass is 280 g/mol. The Morgan fingerprint density at radius 3 is 2.80 bits per heavy atom. The lowest BCUT2D eigenvalue weighted by atomic mass is 9.82. The molecule has 0 amide bonds. The summed E-state index contributed by atoms with van der Waals surface area (Å²) in [5, 5.41) is 0.512. The van der Waals surface area contributed by atoms with Crippen molar-refractivity contribution in [2.75, 3.05) is 6.61 Å². The molecule has 4 nitrogen and oxygen atoms in total. The molecule has 0 atom stereocenters. The highest BCUT2D eigenvalue weighted by Crippen LogP contribution is 2.42. The smallest absolute Gasteiger partial charge is 0.299 e. The highest BCUT2D eigenvalue weighted by Gasteiger charge is 2.45. The SMILES string of the molecule is Cn1c(OCC2CC(F)(F)C2)nc2ccccc2c1=O. The van der Waals surface area contributed by atoms with Crippen molar-refractivity contribution < 1.29 is 13.5 Å². The molecule has 1 aliphatic carbocycles. The maximum absolute atomic E-state index is 12.7. The number of fused-ring (bicyclic) bond motifs is 1. The van der Waals surface area contributed by atoms with Gasteiger partial charge in [-0.05, 0) is 12.1 Å². The van der Waals surface area contributed by atoms with Crippen LogP contribution >= 0.6 is 0 Å². The van der Waals surface area contributed by atoms with Gasteiger partial charge in [0.25, 0.3) is 11.6 Å². The van der Waals surface area contributed by atoms with E-state index in [2.05, 4.69) is 4.98 Å². The van der Waals surface area contributed by atoms with Gasteiger partial charge in [0.1, 0.15) is 0 Å². The first-order valence-corrected chi connectivity index (χ1v) is 6.43. The topological polar surface area (TPSA) is 44.1 Å². The van der Waals surface area contributed by atoms with E-state index in [0.29, 0.717) is 10.9 Å². The van der Waals surface area contributed by atoms with Gasteiger partial charge in [-0.2, -0.15) is 4.98 Å². The van der Waals surface area contributed by atoms with Crippen LogP contribution in [0.4, 0.5) is 8.78 Å². The van der Waals surface area contributed by atoms with Crippen LogP contribution in [0.25, 0.3) is 10.9 Å². The molecule has 0 radical (unpaired) electrons. The number of halogens is 2. The Balaban J connectivity index is 1.82. The van der Waals surface area contributed by atoms with Crippen LogP contribution in [0.5, 0.6) is 6.01 Å². The van der Waals surface area contributed by atoms with E-state index in [4.69, 9.17) is 4.74 Å². The molecule has 1 heterocycles. The first-order chi connectivity index (χ1) is 9.46. The first-order valence-electron chi connectivity index (χ1n) is 6.43. The van der Waals surface area contributed by atoms with Crippen molar-refractivity contribution >= 4 is 10.9 Å². The molecule has 1 aromatic carbocycles. The van der Waals surface area contributed by atoms with Gasteiger partial charge in [-0.25, -0.2) is 8.78 Å². The lowest BCUT2D eigenvalue weighted by molar-refractivity contribution is -0.119. The Hall–Kier alpha value is -1.98. The number of hydrogen-bond donors (Lipinski definition) is 0. The average Bonchev–Trinajstić information content (AvgIpc) is 2.39. The first kappa shape index (κ1) is 13.0. The van der Waals surface area contributed by atoms with Gasteiger partial charge in [-0.1, -0.05) is 12.1 Å². The molecule has 1 fully saturated rings. The molecular weight excluding hydrogens is 266 g/mol. The van der Waals surface area contributed by atoms with Gasteiger partial charge in [0, 0.05) is 25.8 Å². The van der Waals surface area contributed by atoms with Crippen molar-refractivity contribution in [1.29, 1.82) is 0 Å². The number of alkyl halides is 2. The third kappa shape index (κ3) is 2.26. The summed E-state index contributed by atoms with van der Waals surface area (Å²) >= 11 is 0. The van der Waals surface area contributed by atoms with Crippen LogP contribution < -0.4 is 10.3 Å². The zero-order valence-electron chi connectivity index (χ0n) is 11.0. The van der Waals surface area contributed by atoms with Gasteiger partial charge in [0.15, 0.2) is 0 Å². The van der Waals surface area contributed by atoms with Crippen LogP contribution in [0.1, 0.15) is 12.8 Å². The van der Waals surface area contributed by atoms with E-state index < -0.39 is 5.92 Å². The molecule has 1 aromatic heterocycles. The van der Waals surface area contributed by atoms with Gasteiger partial charge < -0.3 is 4.74 Å². The highest BCUT2D eigenvalue weighted by atomic mass is 19.3. The predicted molar refractivity (Wildman–Crippen MR) is 70.2 cm³/mol. The molecule has 1 aliphatic rings. The van der Waals surface area contributed by atoms with Gasteiger partial charge in [0.2, 0.25) is 5.92 Å². The minimum absolute atomic E-state index is 0.158. The van der Waals surface area contributed by atoms with E-state index >= 15 is 0 Å². The average molecular weight is 280 g/mol. The summed E-state index contributed by atoms with van der Waals surface area (Å²) in [6.45, 7) is 0.161. The fourth-order valence-corrected chi connectivity index (χ4v) is 2.42. The molecule has 2 aromatic rings. The largest absolute Gasteiger partial charge is 0.464 e. The van der Waals surface area contributed by atoms with Crippen molar-refractivity contribution in [2.45, 2.75) is 18.8 Å². The summed E-state index contributed by atoms with van der Waals surface area (Å²) in [7, 11) is 1.56. The van der Waals surface area contributed by atoms with Crippen molar-refractivity contribution in [3.05, 3.63) is 34.6 Å². The van der Waals surface area contributed by atoms with Crippen LogP contribution in [0, 0.1) is 5.92 Å². The fraction of sp³-hybridized carbons (Fsp3) is 0.429.